The van der Waals surface area contributed by atoms with Crippen LogP contribution in [0.1, 0.15) is 42.9 Å². The largest absolute Gasteiger partial charge is 0.481 e. The lowest BCUT2D eigenvalue weighted by Gasteiger charge is -2.22. The van der Waals surface area contributed by atoms with Crippen molar-refractivity contribution in [1.82, 2.24) is 15.0 Å². The number of hydrogen-bond acceptors (Lipinski definition) is 5. The average molecular weight is 388 g/mol. The molecule has 1 amide bonds. The van der Waals surface area contributed by atoms with Crippen LogP contribution in [0, 0.1) is 0 Å². The highest BCUT2D eigenvalue weighted by Crippen LogP contribution is 2.36. The van der Waals surface area contributed by atoms with Crippen LogP contribution < -0.4 is 0 Å². The number of para-hydroxylation sites is 1. The zero-order valence-electron chi connectivity index (χ0n) is 15.7. The van der Waals surface area contributed by atoms with Crippen molar-refractivity contribution in [2.45, 2.75) is 31.7 Å². The number of fused-ring (bicyclic) bond motifs is 1. The predicted molar refractivity (Wildman–Crippen MR) is 108 cm³/mol. The number of carbonyl (C=O) groups excluding carboxylic acids is 1. The molecule has 7 heteroatoms. The van der Waals surface area contributed by atoms with E-state index in [1.54, 1.807) is 12.4 Å². The summed E-state index contributed by atoms with van der Waals surface area (Å²) in [7, 11) is 0. The van der Waals surface area contributed by atoms with Gasteiger partial charge in [-0.3, -0.25) is 19.6 Å². The summed E-state index contributed by atoms with van der Waals surface area (Å²) in [6.45, 7) is 0. The molecule has 29 heavy (non-hydrogen) atoms. The van der Waals surface area contributed by atoms with Crippen LogP contribution in [0.2, 0.25) is 0 Å². The van der Waals surface area contributed by atoms with Crippen molar-refractivity contribution in [3.63, 3.8) is 0 Å². The molecule has 2 aromatic carbocycles. The van der Waals surface area contributed by atoms with Gasteiger partial charge in [-0.2, -0.15) is 5.10 Å². The standard InChI is InChI=1S/C22H20N4O3/c27-20(10-5-11-21(28)29)26-19(14-18(25-26)15-6-2-1-3-7-15)16-8-4-9-17-22(16)24-13-12-23-17/h1-4,6-9,12-13,19H,5,10-11,14H2,(H,28,29). The van der Waals surface area contributed by atoms with E-state index in [0.29, 0.717) is 6.42 Å². The molecule has 1 N–H and O–H groups in total. The van der Waals surface area contributed by atoms with E-state index in [-0.39, 0.29) is 31.2 Å². The molecule has 2 heterocycles. The first kappa shape index (κ1) is 18.7. The van der Waals surface area contributed by atoms with E-state index in [4.69, 9.17) is 5.11 Å². The number of aliphatic carboxylic acids is 1. The number of hydrogen-bond donors (Lipinski definition) is 1. The van der Waals surface area contributed by atoms with Crippen LogP contribution in [0.25, 0.3) is 11.0 Å². The maximum atomic E-state index is 12.9. The lowest BCUT2D eigenvalue weighted by atomic mass is 9.97. The predicted octanol–water partition coefficient (Wildman–Crippen LogP) is 3.56. The van der Waals surface area contributed by atoms with Gasteiger partial charge in [-0.25, -0.2) is 5.01 Å². The fourth-order valence-corrected chi connectivity index (χ4v) is 3.58. The van der Waals surface area contributed by atoms with Crippen LogP contribution in [0.3, 0.4) is 0 Å². The number of carbonyl (C=O) groups is 2. The van der Waals surface area contributed by atoms with Crippen LogP contribution in [0.5, 0.6) is 0 Å². The smallest absolute Gasteiger partial charge is 0.303 e. The number of benzene rings is 2. The molecule has 0 fully saturated rings. The summed E-state index contributed by atoms with van der Waals surface area (Å²) in [4.78, 5) is 32.6. The molecule has 0 radical (unpaired) electrons. The number of carboxylic acids is 1. The monoisotopic (exact) mass is 388 g/mol. The van der Waals surface area contributed by atoms with Gasteiger partial charge in [0.2, 0.25) is 5.91 Å². The SMILES string of the molecule is O=C(O)CCCC(=O)N1N=C(c2ccccc2)CC1c1cccc2nccnc12. The molecular formula is C22H20N4O3. The molecule has 1 aliphatic rings. The van der Waals surface area contributed by atoms with Crippen molar-refractivity contribution in [3.8, 4) is 0 Å². The quantitative estimate of drug-likeness (QED) is 0.696. The first-order chi connectivity index (χ1) is 14.1. The summed E-state index contributed by atoms with van der Waals surface area (Å²) in [5, 5.41) is 15.0. The van der Waals surface area contributed by atoms with Gasteiger partial charge in [-0.15, -0.1) is 0 Å². The fourth-order valence-electron chi connectivity index (χ4n) is 3.58. The Morgan fingerprint density at radius 2 is 1.79 bits per heavy atom. The minimum atomic E-state index is -0.909. The summed E-state index contributed by atoms with van der Waals surface area (Å²) in [6.07, 6.45) is 4.21. The molecule has 3 aromatic rings. The first-order valence-corrected chi connectivity index (χ1v) is 9.50. The molecule has 0 aliphatic carbocycles. The highest BCUT2D eigenvalue weighted by molar-refractivity contribution is 6.03. The van der Waals surface area contributed by atoms with Crippen molar-refractivity contribution < 1.29 is 14.7 Å². The van der Waals surface area contributed by atoms with Crippen molar-refractivity contribution >= 4 is 28.6 Å². The van der Waals surface area contributed by atoms with Gasteiger partial charge in [0.15, 0.2) is 0 Å². The van der Waals surface area contributed by atoms with Gasteiger partial charge in [0.1, 0.15) is 0 Å². The van der Waals surface area contributed by atoms with E-state index in [2.05, 4.69) is 15.1 Å². The Labute approximate surface area is 167 Å². The Balaban J connectivity index is 1.69. The van der Waals surface area contributed by atoms with Gasteiger partial charge in [0.05, 0.1) is 22.8 Å². The minimum Gasteiger partial charge on any atom is -0.481 e. The molecule has 4 rings (SSSR count). The van der Waals surface area contributed by atoms with E-state index in [1.807, 2.05) is 48.5 Å². The Kier molecular flexibility index (Phi) is 5.29. The maximum Gasteiger partial charge on any atom is 0.303 e. The molecule has 1 aromatic heterocycles. The highest BCUT2D eigenvalue weighted by Gasteiger charge is 2.34. The molecule has 0 saturated carbocycles. The van der Waals surface area contributed by atoms with E-state index < -0.39 is 5.97 Å². The van der Waals surface area contributed by atoms with Crippen LogP contribution in [-0.2, 0) is 9.59 Å². The van der Waals surface area contributed by atoms with Crippen molar-refractivity contribution in [2.24, 2.45) is 5.10 Å². The lowest BCUT2D eigenvalue weighted by Crippen LogP contribution is -2.27. The Bertz CT molecular complexity index is 1080. The molecule has 1 aliphatic heterocycles. The van der Waals surface area contributed by atoms with Gasteiger partial charge in [-0.1, -0.05) is 42.5 Å². The number of carboxylic acid groups (broad SMARTS) is 1. The molecule has 1 atom stereocenters. The van der Waals surface area contributed by atoms with E-state index in [9.17, 15) is 9.59 Å². The topological polar surface area (TPSA) is 95.8 Å². The number of rotatable bonds is 6. The van der Waals surface area contributed by atoms with E-state index in [1.165, 1.54) is 5.01 Å². The average Bonchev–Trinajstić information content (AvgIpc) is 3.19. The zero-order valence-corrected chi connectivity index (χ0v) is 15.7. The second kappa shape index (κ2) is 8.18. The van der Waals surface area contributed by atoms with E-state index >= 15 is 0 Å². The van der Waals surface area contributed by atoms with Gasteiger partial charge in [0.25, 0.3) is 0 Å². The fraction of sp³-hybridized carbons (Fsp3) is 0.227. The molecule has 0 saturated heterocycles. The number of nitrogens with zero attached hydrogens (tertiary/aromatic N) is 4. The third-order valence-corrected chi connectivity index (χ3v) is 4.94. The number of aromatic nitrogens is 2. The van der Waals surface area contributed by atoms with Crippen molar-refractivity contribution in [1.29, 1.82) is 0 Å². The van der Waals surface area contributed by atoms with E-state index in [0.717, 1.165) is 27.9 Å². The first-order valence-electron chi connectivity index (χ1n) is 9.50. The summed E-state index contributed by atoms with van der Waals surface area (Å²) in [5.41, 5.74) is 4.17. The van der Waals surface area contributed by atoms with Crippen LogP contribution in [-0.4, -0.2) is 37.7 Å². The molecule has 0 bridgehead atoms. The summed E-state index contributed by atoms with van der Waals surface area (Å²) < 4.78 is 0. The third kappa shape index (κ3) is 3.99. The second-order valence-electron chi connectivity index (χ2n) is 6.89. The van der Waals surface area contributed by atoms with Crippen LogP contribution in [0.4, 0.5) is 0 Å². The van der Waals surface area contributed by atoms with Crippen molar-refractivity contribution in [3.05, 3.63) is 72.1 Å². The molecule has 146 valence electrons. The summed E-state index contributed by atoms with van der Waals surface area (Å²) in [6, 6.07) is 15.2. The van der Waals surface area contributed by atoms with Crippen LogP contribution in [0.15, 0.2) is 66.0 Å². The van der Waals surface area contributed by atoms with Gasteiger partial charge in [0, 0.05) is 37.2 Å². The molecule has 0 spiro atoms. The molecule has 1 unspecified atom stereocenters. The van der Waals surface area contributed by atoms with Gasteiger partial charge in [-0.05, 0) is 18.1 Å². The molecule has 7 nitrogen and oxygen atoms in total. The molecular weight excluding hydrogens is 368 g/mol. The zero-order chi connectivity index (χ0) is 20.2. The lowest BCUT2D eigenvalue weighted by molar-refractivity contribution is -0.137. The number of amides is 1. The summed E-state index contributed by atoms with van der Waals surface area (Å²) in [5.74, 6) is -1.10. The van der Waals surface area contributed by atoms with Crippen LogP contribution >= 0.6 is 0 Å². The Morgan fingerprint density at radius 1 is 1.00 bits per heavy atom. The Morgan fingerprint density at radius 3 is 2.59 bits per heavy atom. The van der Waals surface area contributed by atoms with Crippen molar-refractivity contribution in [2.75, 3.05) is 0 Å². The maximum absolute atomic E-state index is 12.9. The van der Waals surface area contributed by atoms with Gasteiger partial charge < -0.3 is 5.11 Å². The third-order valence-electron chi connectivity index (χ3n) is 4.94. The second-order valence-corrected chi connectivity index (χ2v) is 6.89. The Hall–Kier alpha value is -3.61. The summed E-state index contributed by atoms with van der Waals surface area (Å²) >= 11 is 0. The van der Waals surface area contributed by atoms with Gasteiger partial charge >= 0.3 is 5.97 Å². The minimum absolute atomic E-state index is 0.0424. The number of hydrazone groups is 1. The normalized spacial score (nSPS) is 16.1. The highest BCUT2D eigenvalue weighted by atomic mass is 16.4.